The number of hydrogen-bond donors (Lipinski definition) is 0. The van der Waals surface area contributed by atoms with Crippen LogP contribution in [0.2, 0.25) is 0 Å². The maximum Gasteiger partial charge on any atom is 0.410 e. The summed E-state index contributed by atoms with van der Waals surface area (Å²) in [7, 11) is 0. The summed E-state index contributed by atoms with van der Waals surface area (Å²) in [6.07, 6.45) is 4.81. The van der Waals surface area contributed by atoms with Gasteiger partial charge in [-0.3, -0.25) is 0 Å². The molecule has 0 aromatic carbocycles. The highest BCUT2D eigenvalue weighted by molar-refractivity contribution is 5.69. The van der Waals surface area contributed by atoms with Crippen LogP contribution in [0.5, 0.6) is 0 Å². The van der Waals surface area contributed by atoms with E-state index in [4.69, 9.17) is 4.74 Å². The van der Waals surface area contributed by atoms with Crippen molar-refractivity contribution >= 4 is 12.4 Å². The topological polar surface area (TPSA) is 77.3 Å². The van der Waals surface area contributed by atoms with E-state index in [1.54, 1.807) is 22.0 Å². The van der Waals surface area contributed by atoms with Gasteiger partial charge in [0, 0.05) is 19.3 Å². The molecule has 0 atom stereocenters. The van der Waals surface area contributed by atoms with Crippen molar-refractivity contribution in [1.82, 2.24) is 19.9 Å². The van der Waals surface area contributed by atoms with Gasteiger partial charge in [0.25, 0.3) is 0 Å². The van der Waals surface area contributed by atoms with Crippen molar-refractivity contribution in [3.8, 4) is 0 Å². The maximum absolute atomic E-state index is 12.0. The molecule has 0 aliphatic carbocycles. The fourth-order valence-corrected chi connectivity index (χ4v) is 2.25. The van der Waals surface area contributed by atoms with Crippen LogP contribution < -0.4 is 0 Å². The van der Waals surface area contributed by atoms with Crippen molar-refractivity contribution in [2.45, 2.75) is 44.8 Å². The Morgan fingerprint density at radius 2 is 2.00 bits per heavy atom. The molecule has 1 aliphatic heterocycles. The zero-order chi connectivity index (χ0) is 14.8. The predicted octanol–water partition coefficient (Wildman–Crippen LogP) is 1.20. The van der Waals surface area contributed by atoms with Gasteiger partial charge in [-0.2, -0.15) is 0 Å². The van der Waals surface area contributed by atoms with E-state index in [9.17, 15) is 9.59 Å². The van der Waals surface area contributed by atoms with Crippen molar-refractivity contribution in [2.24, 2.45) is 0 Å². The average molecular weight is 280 g/mol. The molecule has 20 heavy (non-hydrogen) atoms. The van der Waals surface area contributed by atoms with Crippen LogP contribution in [-0.2, 0) is 15.1 Å². The number of aromatic nitrogens is 3. The molecule has 7 heteroatoms. The van der Waals surface area contributed by atoms with E-state index in [0.29, 0.717) is 25.9 Å². The summed E-state index contributed by atoms with van der Waals surface area (Å²) >= 11 is 0. The number of rotatable bonds is 2. The molecule has 7 nitrogen and oxygen atoms in total. The summed E-state index contributed by atoms with van der Waals surface area (Å²) in [5.41, 5.74) is -1.21. The number of hydrogen-bond acceptors (Lipinski definition) is 5. The molecule has 1 aromatic heterocycles. The van der Waals surface area contributed by atoms with Crippen LogP contribution in [0.15, 0.2) is 12.4 Å². The van der Waals surface area contributed by atoms with Crippen molar-refractivity contribution in [1.29, 1.82) is 0 Å². The van der Waals surface area contributed by atoms with Gasteiger partial charge in [0.2, 0.25) is 0 Å². The minimum atomic E-state index is -0.699. The first kappa shape index (κ1) is 14.5. The summed E-state index contributed by atoms with van der Waals surface area (Å²) < 4.78 is 6.91. The fourth-order valence-electron chi connectivity index (χ4n) is 2.25. The molecule has 1 saturated heterocycles. The molecule has 0 N–H and O–H groups in total. The molecule has 1 amide bonds. The lowest BCUT2D eigenvalue weighted by Crippen LogP contribution is -2.50. The highest BCUT2D eigenvalue weighted by Crippen LogP contribution is 2.28. The first-order valence-electron chi connectivity index (χ1n) is 6.67. The van der Waals surface area contributed by atoms with Gasteiger partial charge in [-0.25, -0.2) is 9.48 Å². The van der Waals surface area contributed by atoms with Gasteiger partial charge in [-0.15, -0.1) is 5.10 Å². The van der Waals surface area contributed by atoms with Crippen molar-refractivity contribution in [3.63, 3.8) is 0 Å². The highest BCUT2D eigenvalue weighted by atomic mass is 16.6. The Morgan fingerprint density at radius 1 is 1.35 bits per heavy atom. The average Bonchev–Trinajstić information content (AvgIpc) is 2.91. The highest BCUT2D eigenvalue weighted by Gasteiger charge is 2.39. The number of piperidine rings is 1. The number of aldehydes is 1. The second-order valence-electron chi connectivity index (χ2n) is 6.04. The monoisotopic (exact) mass is 280 g/mol. The fraction of sp³-hybridized carbons (Fsp3) is 0.692. The van der Waals surface area contributed by atoms with Crippen LogP contribution in [0.25, 0.3) is 0 Å². The van der Waals surface area contributed by atoms with E-state index in [1.165, 1.54) is 0 Å². The van der Waals surface area contributed by atoms with Crippen LogP contribution in [0.1, 0.15) is 33.6 Å². The van der Waals surface area contributed by atoms with E-state index in [0.717, 1.165) is 6.29 Å². The first-order valence-corrected chi connectivity index (χ1v) is 6.67. The number of amides is 1. The van der Waals surface area contributed by atoms with E-state index in [2.05, 4.69) is 10.3 Å². The molecular weight excluding hydrogens is 260 g/mol. The van der Waals surface area contributed by atoms with Crippen LogP contribution in [0.3, 0.4) is 0 Å². The molecular formula is C13H20N4O3. The number of carbonyl (C=O) groups excluding carboxylic acids is 2. The van der Waals surface area contributed by atoms with Gasteiger partial charge in [0.15, 0.2) is 0 Å². The lowest BCUT2D eigenvalue weighted by molar-refractivity contribution is -0.118. The largest absolute Gasteiger partial charge is 0.444 e. The zero-order valence-electron chi connectivity index (χ0n) is 12.1. The Hall–Kier alpha value is -1.92. The van der Waals surface area contributed by atoms with Gasteiger partial charge < -0.3 is 14.4 Å². The SMILES string of the molecule is CC(C)(C)OC(=O)N1CCC(C=O)(n2ccnn2)CC1. The molecule has 0 spiro atoms. The van der Waals surface area contributed by atoms with Crippen molar-refractivity contribution in [3.05, 3.63) is 12.4 Å². The van der Waals surface area contributed by atoms with E-state index >= 15 is 0 Å². The smallest absolute Gasteiger partial charge is 0.410 e. The summed E-state index contributed by atoms with van der Waals surface area (Å²) in [5.74, 6) is 0. The Balaban J connectivity index is 2.01. The number of carbonyl (C=O) groups is 2. The maximum atomic E-state index is 12.0. The predicted molar refractivity (Wildman–Crippen MR) is 71.1 cm³/mol. The third kappa shape index (κ3) is 2.97. The number of likely N-dealkylation sites (tertiary alicyclic amines) is 1. The van der Waals surface area contributed by atoms with Gasteiger partial charge in [-0.05, 0) is 33.6 Å². The first-order chi connectivity index (χ1) is 9.36. The third-order valence-corrected chi connectivity index (χ3v) is 3.38. The van der Waals surface area contributed by atoms with Gasteiger partial charge in [-0.1, -0.05) is 5.21 Å². The Bertz CT molecular complexity index is 470. The summed E-state index contributed by atoms with van der Waals surface area (Å²) in [4.78, 5) is 25.1. The molecule has 2 heterocycles. The molecule has 110 valence electrons. The molecule has 0 unspecified atom stereocenters. The van der Waals surface area contributed by atoms with Crippen LogP contribution in [-0.4, -0.2) is 51.0 Å². The minimum Gasteiger partial charge on any atom is -0.444 e. The molecule has 0 bridgehead atoms. The van der Waals surface area contributed by atoms with Gasteiger partial charge >= 0.3 is 6.09 Å². The molecule has 1 fully saturated rings. The number of ether oxygens (including phenoxy) is 1. The molecule has 1 aliphatic rings. The standard InChI is InChI=1S/C13H20N4O3/c1-12(2,3)20-11(19)16-7-4-13(10-18,5-8-16)17-9-6-14-15-17/h6,9-10H,4-5,7-8H2,1-3H3. The van der Waals surface area contributed by atoms with Crippen LogP contribution in [0, 0.1) is 0 Å². The lowest BCUT2D eigenvalue weighted by atomic mass is 9.89. The van der Waals surface area contributed by atoms with E-state index in [-0.39, 0.29) is 6.09 Å². The molecule has 2 rings (SSSR count). The van der Waals surface area contributed by atoms with Crippen molar-refractivity contribution < 1.29 is 14.3 Å². The second kappa shape index (κ2) is 5.22. The van der Waals surface area contributed by atoms with Crippen LogP contribution in [0.4, 0.5) is 4.79 Å². The third-order valence-electron chi connectivity index (χ3n) is 3.38. The minimum absolute atomic E-state index is 0.337. The van der Waals surface area contributed by atoms with Gasteiger partial charge in [0.05, 0.1) is 6.20 Å². The van der Waals surface area contributed by atoms with Crippen molar-refractivity contribution in [2.75, 3.05) is 13.1 Å². The molecule has 1 aromatic rings. The normalized spacial score (nSPS) is 18.6. The lowest BCUT2D eigenvalue weighted by Gasteiger charge is -2.38. The summed E-state index contributed by atoms with van der Waals surface area (Å²) in [6, 6.07) is 0. The Kier molecular flexibility index (Phi) is 3.78. The van der Waals surface area contributed by atoms with Gasteiger partial charge in [0.1, 0.15) is 17.4 Å². The summed E-state index contributed by atoms with van der Waals surface area (Å²) in [5, 5.41) is 7.65. The van der Waals surface area contributed by atoms with Crippen LogP contribution >= 0.6 is 0 Å². The van der Waals surface area contributed by atoms with E-state index < -0.39 is 11.1 Å². The van der Waals surface area contributed by atoms with E-state index in [1.807, 2.05) is 20.8 Å². The Labute approximate surface area is 117 Å². The molecule has 0 radical (unpaired) electrons. The zero-order valence-corrected chi connectivity index (χ0v) is 12.1. The second-order valence-corrected chi connectivity index (χ2v) is 6.04. The Morgan fingerprint density at radius 3 is 2.45 bits per heavy atom. The molecule has 0 saturated carbocycles. The quantitative estimate of drug-likeness (QED) is 0.761. The number of nitrogens with zero attached hydrogens (tertiary/aromatic N) is 4. The summed E-state index contributed by atoms with van der Waals surface area (Å²) in [6.45, 7) is 6.43.